The standard InChI is InChI=1S/C22H15F3N2O2/c1-29-20-11-10-14-6-2-3-7-16(14)17(20)12-15(13-26)21(28)27-19-9-5-4-8-18(19)22(23,24)25/h2-12H,1H3,(H,27,28)/b15-12+. The topological polar surface area (TPSA) is 62.1 Å². The molecule has 3 aromatic rings. The number of carbonyl (C=O) groups is 1. The van der Waals surface area contributed by atoms with E-state index in [-0.39, 0.29) is 5.57 Å². The Labute approximate surface area is 164 Å². The summed E-state index contributed by atoms with van der Waals surface area (Å²) >= 11 is 0. The predicted molar refractivity (Wildman–Crippen MR) is 104 cm³/mol. The summed E-state index contributed by atoms with van der Waals surface area (Å²) in [4.78, 5) is 12.6. The third-order valence-corrected chi connectivity index (χ3v) is 4.29. The lowest BCUT2D eigenvalue weighted by atomic mass is 10.0. The lowest BCUT2D eigenvalue weighted by Crippen LogP contribution is -2.17. The molecule has 0 unspecified atom stereocenters. The highest BCUT2D eigenvalue weighted by Gasteiger charge is 2.33. The van der Waals surface area contributed by atoms with E-state index in [0.29, 0.717) is 11.3 Å². The Hall–Kier alpha value is -3.79. The van der Waals surface area contributed by atoms with E-state index in [1.807, 2.05) is 18.2 Å². The summed E-state index contributed by atoms with van der Waals surface area (Å²) in [6.07, 6.45) is -3.33. The maximum Gasteiger partial charge on any atom is 0.418 e. The molecule has 29 heavy (non-hydrogen) atoms. The molecule has 0 atom stereocenters. The number of halogens is 3. The van der Waals surface area contributed by atoms with E-state index in [2.05, 4.69) is 5.32 Å². The average Bonchev–Trinajstić information content (AvgIpc) is 2.71. The average molecular weight is 396 g/mol. The summed E-state index contributed by atoms with van der Waals surface area (Å²) in [6.45, 7) is 0. The molecule has 3 aromatic carbocycles. The van der Waals surface area contributed by atoms with Crippen LogP contribution in [0.25, 0.3) is 16.8 Å². The third kappa shape index (κ3) is 4.22. The number of fused-ring (bicyclic) bond motifs is 1. The minimum absolute atomic E-state index is 0.350. The number of rotatable bonds is 4. The molecule has 0 saturated heterocycles. The first kappa shape index (κ1) is 20.0. The summed E-state index contributed by atoms with van der Waals surface area (Å²) in [7, 11) is 1.45. The van der Waals surface area contributed by atoms with Crippen LogP contribution in [0, 0.1) is 11.3 Å². The Kier molecular flexibility index (Phi) is 5.55. The van der Waals surface area contributed by atoms with Gasteiger partial charge in [-0.1, -0.05) is 42.5 Å². The molecule has 0 aliphatic rings. The molecule has 1 amide bonds. The number of benzene rings is 3. The number of carbonyl (C=O) groups excluding carboxylic acids is 1. The predicted octanol–water partition coefficient (Wildman–Crippen LogP) is 5.41. The van der Waals surface area contributed by atoms with Gasteiger partial charge in [0.05, 0.1) is 18.4 Å². The monoisotopic (exact) mass is 396 g/mol. The Morgan fingerprint density at radius 3 is 2.45 bits per heavy atom. The van der Waals surface area contributed by atoms with Gasteiger partial charge in [0.2, 0.25) is 0 Å². The zero-order valence-corrected chi connectivity index (χ0v) is 15.2. The van der Waals surface area contributed by atoms with Gasteiger partial charge < -0.3 is 10.1 Å². The summed E-state index contributed by atoms with van der Waals surface area (Å²) in [6, 6.07) is 17.2. The van der Waals surface area contributed by atoms with Crippen molar-refractivity contribution in [3.63, 3.8) is 0 Å². The van der Waals surface area contributed by atoms with Crippen LogP contribution in [0.4, 0.5) is 18.9 Å². The van der Waals surface area contributed by atoms with Crippen molar-refractivity contribution in [3.05, 3.63) is 77.4 Å². The molecule has 0 aliphatic carbocycles. The number of ether oxygens (including phenoxy) is 1. The molecule has 0 heterocycles. The summed E-state index contributed by atoms with van der Waals surface area (Å²) in [5.41, 5.74) is -1.28. The van der Waals surface area contributed by atoms with Crippen molar-refractivity contribution in [2.45, 2.75) is 6.18 Å². The first-order chi connectivity index (χ1) is 13.8. The normalized spacial score (nSPS) is 11.8. The van der Waals surface area contributed by atoms with Crippen molar-refractivity contribution in [1.29, 1.82) is 5.26 Å². The van der Waals surface area contributed by atoms with Crippen molar-refractivity contribution in [2.24, 2.45) is 0 Å². The van der Waals surface area contributed by atoms with Gasteiger partial charge in [-0.05, 0) is 35.0 Å². The van der Waals surface area contributed by atoms with Crippen LogP contribution in [0.2, 0.25) is 0 Å². The maximum absolute atomic E-state index is 13.2. The number of anilines is 1. The van der Waals surface area contributed by atoms with E-state index in [0.717, 1.165) is 22.9 Å². The number of amides is 1. The van der Waals surface area contributed by atoms with Gasteiger partial charge in [-0.2, -0.15) is 18.4 Å². The molecular weight excluding hydrogens is 381 g/mol. The van der Waals surface area contributed by atoms with Crippen LogP contribution in [0.5, 0.6) is 5.75 Å². The highest BCUT2D eigenvalue weighted by atomic mass is 19.4. The first-order valence-corrected chi connectivity index (χ1v) is 8.50. The molecule has 7 heteroatoms. The van der Waals surface area contributed by atoms with Gasteiger partial charge in [-0.3, -0.25) is 4.79 Å². The quantitative estimate of drug-likeness (QED) is 0.474. The van der Waals surface area contributed by atoms with Gasteiger partial charge in [-0.25, -0.2) is 0 Å². The maximum atomic E-state index is 13.2. The van der Waals surface area contributed by atoms with Crippen LogP contribution < -0.4 is 10.1 Å². The van der Waals surface area contributed by atoms with Gasteiger partial charge in [0.1, 0.15) is 17.4 Å². The Morgan fingerprint density at radius 2 is 1.76 bits per heavy atom. The molecule has 4 nitrogen and oxygen atoms in total. The molecule has 0 aliphatic heterocycles. The number of alkyl halides is 3. The van der Waals surface area contributed by atoms with Crippen molar-refractivity contribution < 1.29 is 22.7 Å². The van der Waals surface area contributed by atoms with Crippen LogP contribution >= 0.6 is 0 Å². The molecule has 0 radical (unpaired) electrons. The van der Waals surface area contributed by atoms with Crippen molar-refractivity contribution >= 4 is 28.4 Å². The second-order valence-corrected chi connectivity index (χ2v) is 6.07. The third-order valence-electron chi connectivity index (χ3n) is 4.29. The zero-order chi connectivity index (χ0) is 21.0. The van der Waals surface area contributed by atoms with Gasteiger partial charge >= 0.3 is 6.18 Å². The van der Waals surface area contributed by atoms with E-state index in [1.54, 1.807) is 24.3 Å². The van der Waals surface area contributed by atoms with Crippen molar-refractivity contribution in [2.75, 3.05) is 12.4 Å². The summed E-state index contributed by atoms with van der Waals surface area (Å²) < 4.78 is 44.8. The lowest BCUT2D eigenvalue weighted by molar-refractivity contribution is -0.137. The van der Waals surface area contributed by atoms with Crippen LogP contribution in [-0.2, 0) is 11.0 Å². The largest absolute Gasteiger partial charge is 0.496 e. The van der Waals surface area contributed by atoms with Crippen LogP contribution in [0.1, 0.15) is 11.1 Å². The molecule has 0 saturated carbocycles. The van der Waals surface area contributed by atoms with Crippen molar-refractivity contribution in [1.82, 2.24) is 0 Å². The molecule has 3 rings (SSSR count). The first-order valence-electron chi connectivity index (χ1n) is 8.50. The molecule has 0 spiro atoms. The van der Waals surface area contributed by atoms with Gasteiger partial charge in [0.25, 0.3) is 5.91 Å². The van der Waals surface area contributed by atoms with Crippen LogP contribution in [0.3, 0.4) is 0 Å². The fourth-order valence-electron chi connectivity index (χ4n) is 2.92. The highest BCUT2D eigenvalue weighted by molar-refractivity contribution is 6.11. The van der Waals surface area contributed by atoms with E-state index in [1.165, 1.54) is 25.3 Å². The Bertz CT molecular complexity index is 1140. The molecule has 0 fully saturated rings. The van der Waals surface area contributed by atoms with E-state index >= 15 is 0 Å². The van der Waals surface area contributed by atoms with Gasteiger partial charge in [0, 0.05) is 5.56 Å². The minimum atomic E-state index is -4.64. The molecule has 0 bridgehead atoms. The Balaban J connectivity index is 2.04. The van der Waals surface area contributed by atoms with E-state index in [4.69, 9.17) is 4.74 Å². The van der Waals surface area contributed by atoms with Crippen molar-refractivity contribution in [3.8, 4) is 11.8 Å². The second kappa shape index (κ2) is 8.07. The summed E-state index contributed by atoms with van der Waals surface area (Å²) in [5, 5.41) is 13.2. The second-order valence-electron chi connectivity index (χ2n) is 6.07. The highest BCUT2D eigenvalue weighted by Crippen LogP contribution is 2.35. The number of nitriles is 1. The molecule has 146 valence electrons. The molecule has 0 aromatic heterocycles. The number of nitrogens with zero attached hydrogens (tertiary/aromatic N) is 1. The summed E-state index contributed by atoms with van der Waals surface area (Å²) in [5.74, 6) is -0.515. The van der Waals surface area contributed by atoms with Gasteiger partial charge in [-0.15, -0.1) is 0 Å². The molecular formula is C22H15F3N2O2. The smallest absolute Gasteiger partial charge is 0.418 e. The van der Waals surface area contributed by atoms with E-state index < -0.39 is 23.3 Å². The number of methoxy groups -OCH3 is 1. The number of nitrogens with one attached hydrogen (secondary N) is 1. The number of para-hydroxylation sites is 1. The minimum Gasteiger partial charge on any atom is -0.496 e. The van der Waals surface area contributed by atoms with Gasteiger partial charge in [0.15, 0.2) is 0 Å². The lowest BCUT2D eigenvalue weighted by Gasteiger charge is -2.13. The zero-order valence-electron chi connectivity index (χ0n) is 15.2. The fraction of sp³-hybridized carbons (Fsp3) is 0.0909. The number of hydrogen-bond acceptors (Lipinski definition) is 3. The Morgan fingerprint density at radius 1 is 1.07 bits per heavy atom. The fourth-order valence-corrected chi connectivity index (χ4v) is 2.92. The van der Waals surface area contributed by atoms with Crippen LogP contribution in [-0.4, -0.2) is 13.0 Å². The number of hydrogen-bond donors (Lipinski definition) is 1. The molecule has 1 N–H and O–H groups in total. The SMILES string of the molecule is COc1ccc2ccccc2c1/C=C(\C#N)C(=O)Nc1ccccc1C(F)(F)F. The van der Waals surface area contributed by atoms with E-state index in [9.17, 15) is 23.2 Å². The van der Waals surface area contributed by atoms with Crippen LogP contribution in [0.15, 0.2) is 66.2 Å².